The third kappa shape index (κ3) is 4.02. The molecule has 1 heterocycles. The smallest absolute Gasteiger partial charge is 0.251 e. The zero-order chi connectivity index (χ0) is 19.4. The molecule has 0 saturated heterocycles. The molecule has 9 heteroatoms. The minimum absolute atomic E-state index is 0.0395. The molecule has 8 nitrogen and oxygen atoms in total. The third-order valence-electron chi connectivity index (χ3n) is 4.01. The van der Waals surface area contributed by atoms with Gasteiger partial charge in [0.05, 0.1) is 18.6 Å². The van der Waals surface area contributed by atoms with Gasteiger partial charge in [0.1, 0.15) is 6.04 Å². The first-order valence-electron chi connectivity index (χ1n) is 8.04. The Kier molecular flexibility index (Phi) is 5.28. The van der Waals surface area contributed by atoms with Crippen LogP contribution in [0.4, 0.5) is 4.39 Å². The minimum atomic E-state index is -0.935. The lowest BCUT2D eigenvalue weighted by Crippen LogP contribution is -2.35. The number of rotatable bonds is 5. The summed E-state index contributed by atoms with van der Waals surface area (Å²) in [5, 5.41) is 33.9. The summed E-state index contributed by atoms with van der Waals surface area (Å²) < 4.78 is 18.5. The van der Waals surface area contributed by atoms with Gasteiger partial charge < -0.3 is 20.1 Å². The van der Waals surface area contributed by atoms with E-state index in [0.29, 0.717) is 12.0 Å². The normalized spacial score (nSPS) is 17.1. The SMILES string of the molecule is N#CC1=CCC(C(=O)N[C@@H](CO)c2nc(-c3ccc(O)c(F)c3)no2)C=C1. The molecule has 0 saturated carbocycles. The number of allylic oxidation sites excluding steroid dienone is 3. The van der Waals surface area contributed by atoms with E-state index < -0.39 is 30.1 Å². The molecule has 1 aliphatic carbocycles. The molecular formula is C18H15FN4O4. The molecule has 1 aromatic carbocycles. The second-order valence-corrected chi connectivity index (χ2v) is 5.84. The number of hydrogen-bond acceptors (Lipinski definition) is 7. The molecule has 1 aliphatic rings. The Morgan fingerprint density at radius 1 is 1.52 bits per heavy atom. The predicted molar refractivity (Wildman–Crippen MR) is 90.3 cm³/mol. The number of aromatic nitrogens is 2. The molecule has 2 atom stereocenters. The fraction of sp³-hybridized carbons (Fsp3) is 0.222. The van der Waals surface area contributed by atoms with Gasteiger partial charge in [-0.2, -0.15) is 10.2 Å². The fourth-order valence-corrected chi connectivity index (χ4v) is 2.50. The van der Waals surface area contributed by atoms with Gasteiger partial charge in [-0.3, -0.25) is 4.79 Å². The van der Waals surface area contributed by atoms with Crippen molar-refractivity contribution >= 4 is 5.91 Å². The molecule has 0 bridgehead atoms. The van der Waals surface area contributed by atoms with Gasteiger partial charge in [-0.1, -0.05) is 17.3 Å². The number of nitriles is 1. The molecule has 1 aromatic heterocycles. The zero-order valence-electron chi connectivity index (χ0n) is 14.0. The van der Waals surface area contributed by atoms with Gasteiger partial charge in [0.2, 0.25) is 11.7 Å². The van der Waals surface area contributed by atoms with Crippen molar-refractivity contribution in [2.24, 2.45) is 5.92 Å². The van der Waals surface area contributed by atoms with E-state index in [1.54, 1.807) is 18.2 Å². The number of aliphatic hydroxyl groups is 1. The summed E-state index contributed by atoms with van der Waals surface area (Å²) in [6, 6.07) is 4.67. The summed E-state index contributed by atoms with van der Waals surface area (Å²) in [5.74, 6) is -2.17. The lowest BCUT2D eigenvalue weighted by molar-refractivity contribution is -0.124. The molecule has 3 N–H and O–H groups in total. The van der Waals surface area contributed by atoms with Crippen LogP contribution >= 0.6 is 0 Å². The second kappa shape index (κ2) is 7.80. The Morgan fingerprint density at radius 2 is 2.33 bits per heavy atom. The van der Waals surface area contributed by atoms with E-state index >= 15 is 0 Å². The van der Waals surface area contributed by atoms with Crippen molar-refractivity contribution in [1.82, 2.24) is 15.5 Å². The molecule has 27 heavy (non-hydrogen) atoms. The van der Waals surface area contributed by atoms with Crippen LogP contribution in [-0.2, 0) is 4.79 Å². The number of nitrogens with zero attached hydrogens (tertiary/aromatic N) is 3. The van der Waals surface area contributed by atoms with E-state index in [1.807, 2.05) is 6.07 Å². The largest absolute Gasteiger partial charge is 0.505 e. The maximum absolute atomic E-state index is 13.5. The highest BCUT2D eigenvalue weighted by atomic mass is 19.1. The Bertz CT molecular complexity index is 961. The number of phenolic OH excluding ortho intramolecular Hbond substituents is 1. The van der Waals surface area contributed by atoms with Crippen LogP contribution in [0.5, 0.6) is 5.75 Å². The van der Waals surface area contributed by atoms with Crippen LogP contribution in [0, 0.1) is 23.1 Å². The maximum atomic E-state index is 13.5. The van der Waals surface area contributed by atoms with E-state index in [9.17, 15) is 19.4 Å². The molecule has 138 valence electrons. The molecule has 0 fully saturated rings. The first-order chi connectivity index (χ1) is 13.0. The van der Waals surface area contributed by atoms with E-state index in [-0.39, 0.29) is 23.2 Å². The summed E-state index contributed by atoms with van der Waals surface area (Å²) in [5.41, 5.74) is 0.758. The fourth-order valence-electron chi connectivity index (χ4n) is 2.50. The highest BCUT2D eigenvalue weighted by Gasteiger charge is 2.25. The van der Waals surface area contributed by atoms with Crippen molar-refractivity contribution in [1.29, 1.82) is 5.26 Å². The minimum Gasteiger partial charge on any atom is -0.505 e. The summed E-state index contributed by atoms with van der Waals surface area (Å²) in [7, 11) is 0. The molecule has 2 aromatic rings. The van der Waals surface area contributed by atoms with Crippen LogP contribution in [-0.4, -0.2) is 32.9 Å². The van der Waals surface area contributed by atoms with Crippen LogP contribution in [0.2, 0.25) is 0 Å². The first kappa shape index (κ1) is 18.3. The molecular weight excluding hydrogens is 355 g/mol. The Morgan fingerprint density at radius 3 is 2.96 bits per heavy atom. The third-order valence-corrected chi connectivity index (χ3v) is 4.01. The topological polar surface area (TPSA) is 132 Å². The van der Waals surface area contributed by atoms with Crippen molar-refractivity contribution in [3.8, 4) is 23.2 Å². The summed E-state index contributed by atoms with van der Waals surface area (Å²) >= 11 is 0. The highest BCUT2D eigenvalue weighted by Crippen LogP contribution is 2.24. The van der Waals surface area contributed by atoms with Crippen LogP contribution in [0.15, 0.2) is 46.5 Å². The number of carbonyl (C=O) groups is 1. The number of aliphatic hydroxyl groups excluding tert-OH is 1. The van der Waals surface area contributed by atoms with Crippen molar-refractivity contribution < 1.29 is 23.9 Å². The number of halogens is 1. The van der Waals surface area contributed by atoms with Crippen LogP contribution < -0.4 is 5.32 Å². The average molecular weight is 370 g/mol. The van der Waals surface area contributed by atoms with Crippen molar-refractivity contribution in [2.75, 3.05) is 6.61 Å². The Labute approximate surface area is 153 Å². The average Bonchev–Trinajstić information content (AvgIpc) is 3.18. The molecule has 1 amide bonds. The summed E-state index contributed by atoms with van der Waals surface area (Å²) in [4.78, 5) is 16.4. The van der Waals surface area contributed by atoms with E-state index in [2.05, 4.69) is 15.5 Å². The Balaban J connectivity index is 1.71. The van der Waals surface area contributed by atoms with E-state index in [1.165, 1.54) is 6.07 Å². The van der Waals surface area contributed by atoms with Gasteiger partial charge in [0.25, 0.3) is 5.89 Å². The highest BCUT2D eigenvalue weighted by molar-refractivity contribution is 5.81. The van der Waals surface area contributed by atoms with Gasteiger partial charge in [0.15, 0.2) is 11.6 Å². The Hall–Kier alpha value is -3.51. The molecule has 3 rings (SSSR count). The number of hydrogen-bond donors (Lipinski definition) is 3. The summed E-state index contributed by atoms with van der Waals surface area (Å²) in [6.45, 7) is -0.479. The molecule has 0 spiro atoms. The number of phenols is 1. The van der Waals surface area contributed by atoms with Gasteiger partial charge in [0, 0.05) is 11.1 Å². The lowest BCUT2D eigenvalue weighted by atomic mass is 9.96. The summed E-state index contributed by atoms with van der Waals surface area (Å²) in [6.07, 6.45) is 5.19. The molecule has 1 unspecified atom stereocenters. The number of aromatic hydroxyl groups is 1. The van der Waals surface area contributed by atoms with Crippen LogP contribution in [0.1, 0.15) is 18.4 Å². The van der Waals surface area contributed by atoms with E-state index in [4.69, 9.17) is 9.78 Å². The number of benzene rings is 1. The molecule has 0 radical (unpaired) electrons. The van der Waals surface area contributed by atoms with Crippen molar-refractivity contribution in [2.45, 2.75) is 12.5 Å². The number of amides is 1. The number of carbonyl (C=O) groups excluding carboxylic acids is 1. The van der Waals surface area contributed by atoms with Crippen molar-refractivity contribution in [3.05, 3.63) is 53.7 Å². The maximum Gasteiger partial charge on any atom is 0.251 e. The monoisotopic (exact) mass is 370 g/mol. The zero-order valence-corrected chi connectivity index (χ0v) is 14.0. The predicted octanol–water partition coefficient (Wildman–Crippen LogP) is 1.76. The van der Waals surface area contributed by atoms with Gasteiger partial charge in [-0.05, 0) is 30.7 Å². The lowest BCUT2D eigenvalue weighted by Gasteiger charge is -2.17. The standard InChI is InChI=1S/C18H15FN4O4/c19-13-7-12(5-6-15(13)25)16-22-18(27-23-16)14(9-24)21-17(26)11-3-1-10(8-20)2-4-11/h1-3,5-7,11,14,24-25H,4,9H2,(H,21,26)/t11?,14-/m0/s1. The quantitative estimate of drug-likeness (QED) is 0.730. The second-order valence-electron chi connectivity index (χ2n) is 5.84. The van der Waals surface area contributed by atoms with Crippen molar-refractivity contribution in [3.63, 3.8) is 0 Å². The van der Waals surface area contributed by atoms with Gasteiger partial charge in [-0.15, -0.1) is 0 Å². The first-order valence-corrected chi connectivity index (χ1v) is 8.04. The van der Waals surface area contributed by atoms with Gasteiger partial charge in [-0.25, -0.2) is 4.39 Å². The van der Waals surface area contributed by atoms with E-state index in [0.717, 1.165) is 12.1 Å². The van der Waals surface area contributed by atoms with Gasteiger partial charge >= 0.3 is 0 Å². The molecule has 0 aliphatic heterocycles. The van der Waals surface area contributed by atoms with Crippen LogP contribution in [0.3, 0.4) is 0 Å². The van der Waals surface area contributed by atoms with Crippen LogP contribution in [0.25, 0.3) is 11.4 Å². The number of nitrogens with one attached hydrogen (secondary N) is 1.